The molecule has 0 radical (unpaired) electrons. The SMILES string of the molecule is CCC(=O)N[C@@H](CS)C(=O)O.CCC(=O)N[C@@H](CSC(=O)CCC(=O)O)C(=O)O.O=C1CCC(=O)O1. The van der Waals surface area contributed by atoms with Crippen LogP contribution in [0.15, 0.2) is 0 Å². The Morgan fingerprint density at radius 3 is 1.61 bits per heavy atom. The number of cyclic esters (lactones) is 2. The minimum absolute atomic E-state index is 0.112. The number of carboxylic acids is 3. The lowest BCUT2D eigenvalue weighted by atomic mass is 10.3. The Kier molecular flexibility index (Phi) is 19.5. The first-order valence-corrected chi connectivity index (χ1v) is 12.1. The molecule has 1 saturated heterocycles. The van der Waals surface area contributed by atoms with Gasteiger partial charge in [-0.25, -0.2) is 9.59 Å². The summed E-state index contributed by atoms with van der Waals surface area (Å²) in [6.45, 7) is 3.24. The zero-order valence-corrected chi connectivity index (χ0v) is 21.4. The number of carbonyl (C=O) groups excluding carboxylic acids is 5. The standard InChI is InChI=1S/C10H15NO6S.C6H11NO3S.C4H4O3/c1-2-7(12)11-6(10(16)17)5-18-9(15)4-3-8(13)14;1-2-5(8)7-4(3-11)6(9)10;5-3-1-2-4(6)7-3/h6H,2-5H2,1H3,(H,11,12)(H,13,14)(H,16,17);4,11H,2-3H2,1H3,(H,7,8)(H,9,10);1-2H2/t6-;4-;/m00./s1. The predicted molar refractivity (Wildman–Crippen MR) is 128 cm³/mol. The van der Waals surface area contributed by atoms with Gasteiger partial charge < -0.3 is 30.7 Å². The first-order chi connectivity index (χ1) is 16.8. The van der Waals surface area contributed by atoms with E-state index >= 15 is 0 Å². The number of esters is 2. The Hall–Kier alpha value is -3.14. The summed E-state index contributed by atoms with van der Waals surface area (Å²) in [4.78, 5) is 84.3. The average Bonchev–Trinajstić information content (AvgIpc) is 3.20. The molecule has 0 aromatic heterocycles. The van der Waals surface area contributed by atoms with Gasteiger partial charge in [0.25, 0.3) is 0 Å². The Labute approximate surface area is 216 Å². The van der Waals surface area contributed by atoms with E-state index in [1.54, 1.807) is 13.8 Å². The van der Waals surface area contributed by atoms with Gasteiger partial charge in [-0.1, -0.05) is 25.6 Å². The Morgan fingerprint density at radius 2 is 1.31 bits per heavy atom. The van der Waals surface area contributed by atoms with Crippen LogP contribution in [0.25, 0.3) is 0 Å². The van der Waals surface area contributed by atoms with E-state index in [1.807, 2.05) is 0 Å². The van der Waals surface area contributed by atoms with Gasteiger partial charge in [0.05, 0.1) is 19.3 Å². The van der Waals surface area contributed by atoms with E-state index in [0.29, 0.717) is 11.8 Å². The van der Waals surface area contributed by atoms with Gasteiger partial charge in [-0.05, 0) is 0 Å². The van der Waals surface area contributed by atoms with Crippen molar-refractivity contribution in [2.75, 3.05) is 11.5 Å². The first-order valence-electron chi connectivity index (χ1n) is 10.5. The molecule has 14 nitrogen and oxygen atoms in total. The van der Waals surface area contributed by atoms with Crippen LogP contribution < -0.4 is 10.6 Å². The van der Waals surface area contributed by atoms with Gasteiger partial charge in [0.1, 0.15) is 12.1 Å². The van der Waals surface area contributed by atoms with Crippen molar-refractivity contribution < 1.29 is 58.4 Å². The lowest BCUT2D eigenvalue weighted by Crippen LogP contribution is -2.42. The third-order valence-corrected chi connectivity index (χ3v) is 5.20. The maximum Gasteiger partial charge on any atom is 0.327 e. The highest BCUT2D eigenvalue weighted by Crippen LogP contribution is 2.10. The number of thioether (sulfide) groups is 1. The molecule has 0 saturated carbocycles. The molecule has 5 N–H and O–H groups in total. The Bertz CT molecular complexity index is 805. The third kappa shape index (κ3) is 19.2. The van der Waals surface area contributed by atoms with Crippen LogP contribution in [0.3, 0.4) is 0 Å². The van der Waals surface area contributed by atoms with E-state index in [0.717, 1.165) is 0 Å². The number of hydrogen-bond acceptors (Lipinski definition) is 11. The molecule has 0 aromatic carbocycles. The van der Waals surface area contributed by atoms with Crippen molar-refractivity contribution in [3.8, 4) is 0 Å². The van der Waals surface area contributed by atoms with Crippen molar-refractivity contribution in [3.63, 3.8) is 0 Å². The fraction of sp³-hybridized carbons (Fsp3) is 0.600. The minimum atomic E-state index is -1.23. The number of thiol groups is 1. The number of hydrogen-bond donors (Lipinski definition) is 6. The van der Waals surface area contributed by atoms with E-state index in [4.69, 9.17) is 15.3 Å². The van der Waals surface area contributed by atoms with Crippen LogP contribution in [-0.2, 0) is 43.1 Å². The molecule has 36 heavy (non-hydrogen) atoms. The molecule has 0 unspecified atom stereocenters. The zero-order chi connectivity index (χ0) is 28.3. The maximum absolute atomic E-state index is 11.2. The minimum Gasteiger partial charge on any atom is -0.481 e. The fourth-order valence-corrected chi connectivity index (χ4v) is 2.92. The van der Waals surface area contributed by atoms with Crippen molar-refractivity contribution in [1.82, 2.24) is 10.6 Å². The summed E-state index contributed by atoms with van der Waals surface area (Å²) in [5.74, 6) is -4.85. The van der Waals surface area contributed by atoms with E-state index in [2.05, 4.69) is 28.0 Å². The van der Waals surface area contributed by atoms with Gasteiger partial charge in [-0.3, -0.25) is 28.8 Å². The average molecular weight is 555 g/mol. The van der Waals surface area contributed by atoms with Crippen molar-refractivity contribution in [3.05, 3.63) is 0 Å². The Balaban J connectivity index is 0. The molecule has 1 fully saturated rings. The lowest BCUT2D eigenvalue weighted by Gasteiger charge is -2.12. The van der Waals surface area contributed by atoms with Crippen molar-refractivity contribution >= 4 is 71.2 Å². The van der Waals surface area contributed by atoms with Crippen LogP contribution in [0.1, 0.15) is 52.4 Å². The van der Waals surface area contributed by atoms with Crippen LogP contribution in [-0.4, -0.2) is 85.7 Å². The van der Waals surface area contributed by atoms with E-state index < -0.39 is 53.0 Å². The van der Waals surface area contributed by atoms with Crippen molar-refractivity contribution in [2.45, 2.75) is 64.5 Å². The maximum atomic E-state index is 11.2. The number of amides is 2. The quantitative estimate of drug-likeness (QED) is 0.105. The van der Waals surface area contributed by atoms with Gasteiger partial charge >= 0.3 is 29.8 Å². The molecule has 0 bridgehead atoms. The van der Waals surface area contributed by atoms with Gasteiger partial charge in [0, 0.05) is 30.8 Å². The molecule has 0 spiro atoms. The third-order valence-electron chi connectivity index (χ3n) is 3.81. The van der Waals surface area contributed by atoms with E-state index in [1.165, 1.54) is 0 Å². The topological polar surface area (TPSA) is 231 Å². The molecule has 0 aliphatic carbocycles. The Morgan fingerprint density at radius 1 is 0.861 bits per heavy atom. The largest absolute Gasteiger partial charge is 0.481 e. The van der Waals surface area contributed by atoms with Gasteiger partial charge in [0.15, 0.2) is 5.12 Å². The summed E-state index contributed by atoms with van der Waals surface area (Å²) in [6, 6.07) is -2.01. The molecular formula is C20H30N2O12S2. The highest BCUT2D eigenvalue weighted by molar-refractivity contribution is 8.13. The highest BCUT2D eigenvalue weighted by atomic mass is 32.2. The summed E-state index contributed by atoms with van der Waals surface area (Å²) in [5.41, 5.74) is 0. The van der Waals surface area contributed by atoms with Crippen LogP contribution in [0.2, 0.25) is 0 Å². The lowest BCUT2D eigenvalue weighted by molar-refractivity contribution is -0.152. The molecule has 2 atom stereocenters. The molecule has 0 aromatic rings. The summed E-state index contributed by atoms with van der Waals surface area (Å²) in [7, 11) is 0. The molecule has 1 rings (SSSR count). The number of aliphatic carboxylic acids is 3. The second-order valence-electron chi connectivity index (χ2n) is 6.73. The van der Waals surface area contributed by atoms with E-state index in [9.17, 15) is 38.4 Å². The molecule has 1 aliphatic rings. The summed E-state index contributed by atoms with van der Waals surface area (Å²) >= 11 is 4.48. The molecule has 1 aliphatic heterocycles. The van der Waals surface area contributed by atoms with Crippen molar-refractivity contribution in [2.24, 2.45) is 0 Å². The van der Waals surface area contributed by atoms with Crippen LogP contribution in [0.4, 0.5) is 0 Å². The van der Waals surface area contributed by atoms with Crippen LogP contribution in [0, 0.1) is 0 Å². The van der Waals surface area contributed by atoms with Crippen LogP contribution >= 0.6 is 24.4 Å². The second-order valence-corrected chi connectivity index (χ2v) is 8.17. The summed E-state index contributed by atoms with van der Waals surface area (Å²) in [5, 5.41) is 29.8. The number of carboxylic acid groups (broad SMARTS) is 3. The smallest absolute Gasteiger partial charge is 0.327 e. The number of ether oxygens (including phenoxy) is 1. The zero-order valence-electron chi connectivity index (χ0n) is 19.7. The monoisotopic (exact) mass is 554 g/mol. The summed E-state index contributed by atoms with van der Waals surface area (Å²) in [6.07, 6.45) is 0.523. The second kappa shape index (κ2) is 20.1. The normalized spacial score (nSPS) is 13.4. The molecule has 1 heterocycles. The van der Waals surface area contributed by atoms with E-state index in [-0.39, 0.29) is 55.9 Å². The number of rotatable bonds is 12. The molecule has 204 valence electrons. The first kappa shape index (κ1) is 35.0. The molecule has 16 heteroatoms. The van der Waals surface area contributed by atoms with Crippen LogP contribution in [0.5, 0.6) is 0 Å². The predicted octanol–water partition coefficient (Wildman–Crippen LogP) is -0.164. The fourth-order valence-electron chi connectivity index (χ4n) is 1.84. The molecule has 2 amide bonds. The number of carbonyl (C=O) groups is 8. The molecular weight excluding hydrogens is 524 g/mol. The van der Waals surface area contributed by atoms with Gasteiger partial charge in [-0.15, -0.1) is 0 Å². The van der Waals surface area contributed by atoms with Gasteiger partial charge in [0.2, 0.25) is 11.8 Å². The summed E-state index contributed by atoms with van der Waals surface area (Å²) < 4.78 is 4.08. The number of nitrogens with one attached hydrogen (secondary N) is 2. The highest BCUT2D eigenvalue weighted by Gasteiger charge is 2.21. The van der Waals surface area contributed by atoms with Crippen molar-refractivity contribution in [1.29, 1.82) is 0 Å². The van der Waals surface area contributed by atoms with Gasteiger partial charge in [-0.2, -0.15) is 12.6 Å².